The standard InChI is InChI=1S/C13H17N3O3/c1-2-13(11(17)18)5-7-16(9-13)12(19)15-10-4-3-6-14-8-10/h3-4,6,8H,2,5,7,9H2,1H3,(H,15,19)(H,17,18). The monoisotopic (exact) mass is 263 g/mol. The number of aromatic nitrogens is 1. The molecule has 0 radical (unpaired) electrons. The van der Waals surface area contributed by atoms with Crippen molar-refractivity contribution < 1.29 is 14.7 Å². The van der Waals surface area contributed by atoms with Crippen LogP contribution in [-0.2, 0) is 4.79 Å². The molecule has 1 atom stereocenters. The topological polar surface area (TPSA) is 82.5 Å². The van der Waals surface area contributed by atoms with Gasteiger partial charge in [0.05, 0.1) is 17.3 Å². The largest absolute Gasteiger partial charge is 0.481 e. The van der Waals surface area contributed by atoms with Gasteiger partial charge in [0.2, 0.25) is 0 Å². The van der Waals surface area contributed by atoms with Crippen molar-refractivity contribution in [3.63, 3.8) is 0 Å². The zero-order valence-electron chi connectivity index (χ0n) is 10.8. The van der Waals surface area contributed by atoms with E-state index in [0.29, 0.717) is 25.1 Å². The van der Waals surface area contributed by atoms with Gasteiger partial charge in [-0.2, -0.15) is 0 Å². The number of hydrogen-bond acceptors (Lipinski definition) is 3. The van der Waals surface area contributed by atoms with Gasteiger partial charge >= 0.3 is 12.0 Å². The molecule has 102 valence electrons. The Morgan fingerprint density at radius 2 is 2.37 bits per heavy atom. The summed E-state index contributed by atoms with van der Waals surface area (Å²) in [6, 6.07) is 3.20. The Hall–Kier alpha value is -2.11. The van der Waals surface area contributed by atoms with Crippen LogP contribution < -0.4 is 5.32 Å². The second-order valence-corrected chi connectivity index (χ2v) is 4.78. The number of likely N-dealkylation sites (tertiary alicyclic amines) is 1. The Morgan fingerprint density at radius 1 is 1.58 bits per heavy atom. The predicted molar refractivity (Wildman–Crippen MR) is 69.8 cm³/mol. The minimum absolute atomic E-state index is 0.255. The first kappa shape index (κ1) is 13.3. The third-order valence-corrected chi connectivity index (χ3v) is 3.68. The lowest BCUT2D eigenvalue weighted by Crippen LogP contribution is -2.38. The summed E-state index contributed by atoms with van der Waals surface area (Å²) in [6.45, 7) is 2.56. The number of aliphatic carboxylic acids is 1. The van der Waals surface area contributed by atoms with Crippen LogP contribution in [0.15, 0.2) is 24.5 Å². The van der Waals surface area contributed by atoms with Crippen LogP contribution in [0, 0.1) is 5.41 Å². The fourth-order valence-corrected chi connectivity index (χ4v) is 2.30. The molecule has 1 fully saturated rings. The summed E-state index contributed by atoms with van der Waals surface area (Å²) in [5, 5.41) is 12.0. The van der Waals surface area contributed by atoms with E-state index in [4.69, 9.17) is 0 Å². The highest BCUT2D eigenvalue weighted by Gasteiger charge is 2.44. The van der Waals surface area contributed by atoms with E-state index in [2.05, 4.69) is 10.3 Å². The van der Waals surface area contributed by atoms with E-state index in [9.17, 15) is 14.7 Å². The SMILES string of the molecule is CCC1(C(=O)O)CCN(C(=O)Nc2cccnc2)C1. The number of pyridine rings is 1. The summed E-state index contributed by atoms with van der Waals surface area (Å²) in [4.78, 5) is 28.8. The Kier molecular flexibility index (Phi) is 3.69. The van der Waals surface area contributed by atoms with Crippen molar-refractivity contribution in [2.24, 2.45) is 5.41 Å². The van der Waals surface area contributed by atoms with E-state index in [0.717, 1.165) is 0 Å². The molecule has 1 aliphatic heterocycles. The van der Waals surface area contributed by atoms with Gasteiger partial charge in [-0.3, -0.25) is 9.78 Å². The highest BCUT2D eigenvalue weighted by molar-refractivity contribution is 5.90. The zero-order chi connectivity index (χ0) is 13.9. The van der Waals surface area contributed by atoms with Crippen LogP contribution >= 0.6 is 0 Å². The van der Waals surface area contributed by atoms with Crippen LogP contribution in [0.2, 0.25) is 0 Å². The van der Waals surface area contributed by atoms with Crippen LogP contribution in [0.5, 0.6) is 0 Å². The molecular formula is C13H17N3O3. The summed E-state index contributed by atoms with van der Waals surface area (Å²) in [5.41, 5.74) is -0.191. The van der Waals surface area contributed by atoms with Crippen LogP contribution in [-0.4, -0.2) is 40.1 Å². The average molecular weight is 263 g/mol. The Balaban J connectivity index is 2.01. The fourth-order valence-electron chi connectivity index (χ4n) is 2.30. The number of hydrogen-bond donors (Lipinski definition) is 2. The molecule has 0 aliphatic carbocycles. The van der Waals surface area contributed by atoms with Gasteiger partial charge in [0, 0.05) is 19.3 Å². The van der Waals surface area contributed by atoms with E-state index < -0.39 is 11.4 Å². The summed E-state index contributed by atoms with van der Waals surface area (Å²) < 4.78 is 0. The highest BCUT2D eigenvalue weighted by Crippen LogP contribution is 2.34. The van der Waals surface area contributed by atoms with E-state index in [1.54, 1.807) is 29.4 Å². The van der Waals surface area contributed by atoms with E-state index in [1.807, 2.05) is 6.92 Å². The minimum Gasteiger partial charge on any atom is -0.481 e. The molecule has 2 amide bonds. The lowest BCUT2D eigenvalue weighted by molar-refractivity contribution is -0.148. The Bertz CT molecular complexity index is 477. The molecule has 2 heterocycles. The normalized spacial score (nSPS) is 22.3. The maximum Gasteiger partial charge on any atom is 0.321 e. The number of nitrogens with one attached hydrogen (secondary N) is 1. The molecule has 0 saturated carbocycles. The van der Waals surface area contributed by atoms with Gasteiger partial charge in [-0.1, -0.05) is 6.92 Å². The first-order valence-corrected chi connectivity index (χ1v) is 6.27. The molecule has 0 aromatic carbocycles. The van der Waals surface area contributed by atoms with Crippen LogP contribution in [0.1, 0.15) is 19.8 Å². The number of nitrogens with zero attached hydrogens (tertiary/aromatic N) is 2. The Morgan fingerprint density at radius 3 is 2.89 bits per heavy atom. The molecule has 1 aromatic heterocycles. The van der Waals surface area contributed by atoms with Gasteiger partial charge in [0.1, 0.15) is 0 Å². The molecule has 1 aliphatic rings. The number of carboxylic acids is 1. The number of amides is 2. The summed E-state index contributed by atoms with van der Waals surface area (Å²) in [6.07, 6.45) is 4.20. The number of anilines is 1. The molecule has 6 nitrogen and oxygen atoms in total. The molecule has 0 spiro atoms. The van der Waals surface area contributed by atoms with Gasteiger partial charge in [-0.25, -0.2) is 4.79 Å². The molecule has 1 unspecified atom stereocenters. The van der Waals surface area contributed by atoms with Crippen LogP contribution in [0.4, 0.5) is 10.5 Å². The number of carbonyl (C=O) groups is 2. The van der Waals surface area contributed by atoms with Crippen molar-refractivity contribution in [2.45, 2.75) is 19.8 Å². The number of rotatable bonds is 3. The van der Waals surface area contributed by atoms with Gasteiger partial charge < -0.3 is 15.3 Å². The second-order valence-electron chi connectivity index (χ2n) is 4.78. The van der Waals surface area contributed by atoms with Crippen molar-refractivity contribution in [1.29, 1.82) is 0 Å². The summed E-state index contributed by atoms with van der Waals surface area (Å²) >= 11 is 0. The van der Waals surface area contributed by atoms with Gasteiger partial charge in [0.15, 0.2) is 0 Å². The minimum atomic E-state index is -0.827. The smallest absolute Gasteiger partial charge is 0.321 e. The predicted octanol–water partition coefficient (Wildman–Crippen LogP) is 1.80. The quantitative estimate of drug-likeness (QED) is 0.871. The molecular weight excluding hydrogens is 246 g/mol. The maximum absolute atomic E-state index is 12.0. The number of carbonyl (C=O) groups excluding carboxylic acids is 1. The molecule has 2 N–H and O–H groups in total. The lowest BCUT2D eigenvalue weighted by Gasteiger charge is -2.23. The highest BCUT2D eigenvalue weighted by atomic mass is 16.4. The summed E-state index contributed by atoms with van der Waals surface area (Å²) in [5.74, 6) is -0.827. The second kappa shape index (κ2) is 5.26. The average Bonchev–Trinajstić information content (AvgIpc) is 2.86. The van der Waals surface area contributed by atoms with E-state index >= 15 is 0 Å². The van der Waals surface area contributed by atoms with E-state index in [-0.39, 0.29) is 12.6 Å². The molecule has 0 bridgehead atoms. The summed E-state index contributed by atoms with van der Waals surface area (Å²) in [7, 11) is 0. The van der Waals surface area contributed by atoms with Gasteiger partial charge in [-0.15, -0.1) is 0 Å². The Labute approximate surface area is 111 Å². The third kappa shape index (κ3) is 2.67. The molecule has 2 rings (SSSR count). The van der Waals surface area contributed by atoms with Gasteiger partial charge in [-0.05, 0) is 25.0 Å². The van der Waals surface area contributed by atoms with Crippen LogP contribution in [0.3, 0.4) is 0 Å². The van der Waals surface area contributed by atoms with Crippen molar-refractivity contribution >= 4 is 17.7 Å². The maximum atomic E-state index is 12.0. The van der Waals surface area contributed by atoms with Gasteiger partial charge in [0.25, 0.3) is 0 Å². The zero-order valence-corrected chi connectivity index (χ0v) is 10.8. The number of urea groups is 1. The van der Waals surface area contributed by atoms with Crippen molar-refractivity contribution in [2.75, 3.05) is 18.4 Å². The third-order valence-electron chi connectivity index (χ3n) is 3.68. The lowest BCUT2D eigenvalue weighted by atomic mass is 9.84. The first-order valence-electron chi connectivity index (χ1n) is 6.27. The van der Waals surface area contributed by atoms with Crippen molar-refractivity contribution in [1.82, 2.24) is 9.88 Å². The van der Waals surface area contributed by atoms with E-state index in [1.165, 1.54) is 0 Å². The molecule has 19 heavy (non-hydrogen) atoms. The molecule has 6 heteroatoms. The first-order chi connectivity index (χ1) is 9.07. The number of carboxylic acid groups (broad SMARTS) is 1. The fraction of sp³-hybridized carbons (Fsp3) is 0.462. The van der Waals surface area contributed by atoms with Crippen molar-refractivity contribution in [3.05, 3.63) is 24.5 Å². The van der Waals surface area contributed by atoms with Crippen LogP contribution in [0.25, 0.3) is 0 Å². The van der Waals surface area contributed by atoms with Crippen molar-refractivity contribution in [3.8, 4) is 0 Å². The molecule has 1 aromatic rings. The molecule has 1 saturated heterocycles.